The molecule has 0 spiro atoms. The van der Waals surface area contributed by atoms with Crippen molar-refractivity contribution in [2.45, 2.75) is 98.8 Å². The fraction of sp³-hybridized carbons (Fsp3) is 0.426. The normalized spacial score (nSPS) is 29.7. The Labute approximate surface area is 331 Å². The van der Waals surface area contributed by atoms with Crippen LogP contribution in [-0.2, 0) is 0 Å². The van der Waals surface area contributed by atoms with Crippen molar-refractivity contribution < 1.29 is 0 Å². The van der Waals surface area contributed by atoms with E-state index >= 15 is 0 Å². The van der Waals surface area contributed by atoms with Crippen LogP contribution in [0.25, 0.3) is 33.5 Å². The van der Waals surface area contributed by atoms with Crippen LogP contribution in [0.15, 0.2) is 121 Å². The maximum atomic E-state index is 5.37. The third-order valence-electron chi connectivity index (χ3n) is 15.0. The quantitative estimate of drug-likeness (QED) is 0.211. The summed E-state index contributed by atoms with van der Waals surface area (Å²) < 4.78 is 0. The topological polar surface area (TPSA) is 12.9 Å². The number of fused-ring (bicyclic) bond motifs is 4. The van der Waals surface area contributed by atoms with Crippen LogP contribution in [0.5, 0.6) is 0 Å². The molecule has 1 aromatic heterocycles. The molecule has 3 fully saturated rings. The van der Waals surface area contributed by atoms with Crippen LogP contribution in [-0.4, -0.2) is 4.98 Å². The first kappa shape index (κ1) is 36.4. The van der Waals surface area contributed by atoms with Crippen LogP contribution in [0.4, 0.5) is 0 Å². The Morgan fingerprint density at radius 1 is 0.873 bits per heavy atom. The number of rotatable bonds is 8. The molecular weight excluding hydrogens is 663 g/mol. The van der Waals surface area contributed by atoms with E-state index in [9.17, 15) is 0 Å². The third-order valence-corrected chi connectivity index (χ3v) is 15.0. The Morgan fingerprint density at radius 3 is 2.53 bits per heavy atom. The number of hydrogen-bond donors (Lipinski definition) is 0. The second kappa shape index (κ2) is 14.7. The molecule has 0 saturated heterocycles. The van der Waals surface area contributed by atoms with Crippen molar-refractivity contribution in [3.8, 4) is 11.3 Å². The molecule has 0 amide bonds. The summed E-state index contributed by atoms with van der Waals surface area (Å²) in [4.78, 5) is 5.37. The molecule has 282 valence electrons. The highest BCUT2D eigenvalue weighted by Gasteiger charge is 2.55. The van der Waals surface area contributed by atoms with E-state index in [-0.39, 0.29) is 5.41 Å². The van der Waals surface area contributed by atoms with Crippen molar-refractivity contribution in [1.82, 2.24) is 4.98 Å². The molecule has 0 bridgehead atoms. The summed E-state index contributed by atoms with van der Waals surface area (Å²) in [6.07, 6.45) is 29.5. The van der Waals surface area contributed by atoms with Gasteiger partial charge in [0.25, 0.3) is 0 Å². The van der Waals surface area contributed by atoms with Gasteiger partial charge in [0.1, 0.15) is 0 Å². The van der Waals surface area contributed by atoms with Gasteiger partial charge in [-0.25, -0.2) is 4.98 Å². The molecule has 2 aromatic carbocycles. The number of hydrogen-bond acceptors (Lipinski definition) is 1. The van der Waals surface area contributed by atoms with E-state index in [4.69, 9.17) is 11.6 Å². The highest BCUT2D eigenvalue weighted by atomic mass is 14.7. The predicted octanol–water partition coefficient (Wildman–Crippen LogP) is 14.7. The van der Waals surface area contributed by atoms with E-state index in [2.05, 4.69) is 138 Å². The highest BCUT2D eigenvalue weighted by Crippen LogP contribution is 2.64. The standard InChI is InChI=1S/C54H61N/c1-34(2)27-51-49-30-41(25-26-45(49)46-22-11-12-24-50(46)54(51,6)35(3)4)39-19-13-17-37(28-39)38-18-14-20-40(29-38)43-32-52(44-21-9-7-15-36(44)5)55-53(33-43)47-23-10-8-16-42-31-48(42)47/h7-10,13,15,17-19,21,23,25-26,28-29,32-34,42,46,48-51H,3,11-12,14,16,20,22,24,27,30-31H2,1-2,4-6H3. The largest absolute Gasteiger partial charge is 0.248 e. The molecule has 1 nitrogen and oxygen atoms in total. The zero-order valence-corrected chi connectivity index (χ0v) is 34.1. The molecule has 7 atom stereocenters. The Bertz CT molecular complexity index is 2190. The first-order valence-electron chi connectivity index (χ1n) is 21.7. The first-order chi connectivity index (χ1) is 26.7. The van der Waals surface area contributed by atoms with E-state index < -0.39 is 0 Å². The molecule has 1 heteroatoms. The van der Waals surface area contributed by atoms with Crippen molar-refractivity contribution in [1.29, 1.82) is 0 Å². The van der Waals surface area contributed by atoms with Gasteiger partial charge in [-0.3, -0.25) is 0 Å². The van der Waals surface area contributed by atoms with Gasteiger partial charge in [-0.1, -0.05) is 136 Å². The van der Waals surface area contributed by atoms with Gasteiger partial charge in [0.05, 0.1) is 11.4 Å². The highest BCUT2D eigenvalue weighted by molar-refractivity contribution is 5.88. The lowest BCUT2D eigenvalue weighted by molar-refractivity contribution is -0.00754. The predicted molar refractivity (Wildman–Crippen MR) is 235 cm³/mol. The zero-order chi connectivity index (χ0) is 37.8. The summed E-state index contributed by atoms with van der Waals surface area (Å²) >= 11 is 0. The SMILES string of the molecule is C=C(C)C1(C)C2CCCCC2C2=CC=C(c3cccc(C4=CCCC(c5cc(C6=CC=CCC7CC67)nc(-c6ccccc6C)c5)=C4)c3)CC2C1CC(C)C. The minimum atomic E-state index is 0.200. The molecule has 0 radical (unpaired) electrons. The fourth-order valence-electron chi connectivity index (χ4n) is 11.8. The maximum absolute atomic E-state index is 5.37. The number of benzene rings is 2. The third kappa shape index (κ3) is 6.74. The van der Waals surface area contributed by atoms with Crippen molar-refractivity contribution in [2.75, 3.05) is 0 Å². The summed E-state index contributed by atoms with van der Waals surface area (Å²) in [5.74, 6) is 4.77. The average molecular weight is 724 g/mol. The molecule has 0 aliphatic heterocycles. The van der Waals surface area contributed by atoms with Crippen LogP contribution < -0.4 is 0 Å². The monoisotopic (exact) mass is 723 g/mol. The summed E-state index contributed by atoms with van der Waals surface area (Å²) in [6, 6.07) is 23.0. The van der Waals surface area contributed by atoms with Crippen LogP contribution in [0.3, 0.4) is 0 Å². The minimum Gasteiger partial charge on any atom is -0.248 e. The van der Waals surface area contributed by atoms with Gasteiger partial charge in [0.15, 0.2) is 0 Å². The van der Waals surface area contributed by atoms with Crippen LogP contribution in [0.2, 0.25) is 0 Å². The number of aromatic nitrogens is 1. The molecule has 9 rings (SSSR count). The van der Waals surface area contributed by atoms with Crippen molar-refractivity contribution in [3.05, 3.63) is 149 Å². The number of aryl methyl sites for hydroxylation is 1. The Morgan fingerprint density at radius 2 is 1.69 bits per heavy atom. The maximum Gasteiger partial charge on any atom is 0.0718 e. The van der Waals surface area contributed by atoms with E-state index in [0.29, 0.717) is 29.6 Å². The number of pyridine rings is 1. The van der Waals surface area contributed by atoms with Crippen molar-refractivity contribution in [3.63, 3.8) is 0 Å². The Balaban J connectivity index is 1.05. The van der Waals surface area contributed by atoms with Crippen LogP contribution in [0, 0.1) is 53.8 Å². The van der Waals surface area contributed by atoms with Gasteiger partial charge >= 0.3 is 0 Å². The van der Waals surface area contributed by atoms with Gasteiger partial charge in [0, 0.05) is 5.56 Å². The molecule has 6 aliphatic carbocycles. The first-order valence-corrected chi connectivity index (χ1v) is 21.7. The van der Waals surface area contributed by atoms with Gasteiger partial charge < -0.3 is 0 Å². The van der Waals surface area contributed by atoms with E-state index in [1.807, 2.05) is 0 Å². The van der Waals surface area contributed by atoms with E-state index in [1.165, 1.54) is 101 Å². The lowest BCUT2D eigenvalue weighted by Gasteiger charge is -2.59. The number of nitrogens with zero attached hydrogens (tertiary/aromatic N) is 1. The summed E-state index contributed by atoms with van der Waals surface area (Å²) in [5, 5.41) is 0. The van der Waals surface area contributed by atoms with Crippen LogP contribution in [0.1, 0.15) is 120 Å². The summed E-state index contributed by atoms with van der Waals surface area (Å²) in [7, 11) is 0. The molecular formula is C54H61N. The molecule has 1 heterocycles. The van der Waals surface area contributed by atoms with Gasteiger partial charge in [-0.2, -0.15) is 0 Å². The molecule has 3 saturated carbocycles. The Kier molecular flexibility index (Phi) is 9.72. The van der Waals surface area contributed by atoms with Gasteiger partial charge in [-0.05, 0) is 175 Å². The van der Waals surface area contributed by atoms with E-state index in [1.54, 1.807) is 5.57 Å². The molecule has 3 aromatic rings. The second-order valence-electron chi connectivity index (χ2n) is 18.7. The van der Waals surface area contributed by atoms with E-state index in [0.717, 1.165) is 42.5 Å². The molecule has 7 unspecified atom stereocenters. The number of allylic oxidation sites excluding steroid dienone is 13. The molecule has 6 aliphatic rings. The molecule has 55 heavy (non-hydrogen) atoms. The summed E-state index contributed by atoms with van der Waals surface area (Å²) in [5.41, 5.74) is 17.9. The lowest BCUT2D eigenvalue weighted by Crippen LogP contribution is -2.51. The summed E-state index contributed by atoms with van der Waals surface area (Å²) in [6.45, 7) is 16.8. The van der Waals surface area contributed by atoms with Crippen molar-refractivity contribution in [2.24, 2.45) is 46.8 Å². The fourth-order valence-corrected chi connectivity index (χ4v) is 11.8. The minimum absolute atomic E-state index is 0.200. The zero-order valence-electron chi connectivity index (χ0n) is 34.1. The van der Waals surface area contributed by atoms with Crippen molar-refractivity contribution >= 4 is 22.3 Å². The average Bonchev–Trinajstić information content (AvgIpc) is 4.00. The second-order valence-corrected chi connectivity index (χ2v) is 18.7. The van der Waals surface area contributed by atoms with Gasteiger partial charge in [0.2, 0.25) is 0 Å². The Hall–Kier alpha value is -4.23. The molecule has 0 N–H and O–H groups in total. The van der Waals surface area contributed by atoms with Crippen LogP contribution >= 0.6 is 0 Å². The smallest absolute Gasteiger partial charge is 0.0718 e. The lowest BCUT2D eigenvalue weighted by atomic mass is 9.45. The van der Waals surface area contributed by atoms with Gasteiger partial charge in [-0.15, -0.1) is 0 Å².